The summed E-state index contributed by atoms with van der Waals surface area (Å²) in [6.07, 6.45) is -0.143. The van der Waals surface area contributed by atoms with Crippen LogP contribution in [0.4, 0.5) is 13.2 Å². The number of hydrogen-bond donors (Lipinski definition) is 0. The first-order valence-corrected chi connectivity index (χ1v) is 7.35. The Labute approximate surface area is 139 Å². The molecule has 0 unspecified atom stereocenters. The van der Waals surface area contributed by atoms with Gasteiger partial charge < -0.3 is 4.74 Å². The summed E-state index contributed by atoms with van der Waals surface area (Å²) in [7, 11) is 0. The van der Waals surface area contributed by atoms with E-state index >= 15 is 0 Å². The van der Waals surface area contributed by atoms with Crippen molar-refractivity contribution in [2.75, 3.05) is 0 Å². The standard InChI is InChI=1S/C18H10F3N3O/c19-18(20,21)25-16-6-2-4-11-3-1-5-13(17(11)16)15-7-14-12(9-23-15)8-22-10-24-14/h1-10H. The molecule has 4 nitrogen and oxygen atoms in total. The second kappa shape index (κ2) is 5.70. The van der Waals surface area contributed by atoms with E-state index in [2.05, 4.69) is 19.7 Å². The van der Waals surface area contributed by atoms with Gasteiger partial charge in [0, 0.05) is 28.7 Å². The van der Waals surface area contributed by atoms with Crippen molar-refractivity contribution >= 4 is 21.7 Å². The molecule has 0 saturated carbocycles. The molecule has 2 aromatic carbocycles. The molecule has 7 heteroatoms. The number of fused-ring (bicyclic) bond motifs is 2. The molecule has 0 spiro atoms. The number of nitrogens with zero attached hydrogens (tertiary/aromatic N) is 3. The topological polar surface area (TPSA) is 47.9 Å². The van der Waals surface area contributed by atoms with Crippen LogP contribution in [-0.2, 0) is 0 Å². The average molecular weight is 341 g/mol. The minimum Gasteiger partial charge on any atom is -0.405 e. The summed E-state index contributed by atoms with van der Waals surface area (Å²) in [6.45, 7) is 0. The summed E-state index contributed by atoms with van der Waals surface area (Å²) in [4.78, 5) is 12.4. The minimum absolute atomic E-state index is 0.259. The van der Waals surface area contributed by atoms with Crippen molar-refractivity contribution in [3.05, 3.63) is 61.2 Å². The number of ether oxygens (including phenoxy) is 1. The van der Waals surface area contributed by atoms with Gasteiger partial charge in [-0.25, -0.2) is 9.97 Å². The van der Waals surface area contributed by atoms with Crippen molar-refractivity contribution in [2.45, 2.75) is 6.36 Å². The molecule has 4 aromatic rings. The number of aromatic nitrogens is 3. The van der Waals surface area contributed by atoms with Crippen LogP contribution in [0.15, 0.2) is 61.2 Å². The molecule has 2 heterocycles. The summed E-state index contributed by atoms with van der Waals surface area (Å²) in [5, 5.41) is 1.73. The first kappa shape index (κ1) is 15.3. The minimum atomic E-state index is -4.77. The molecule has 0 aliphatic carbocycles. The molecule has 0 atom stereocenters. The molecule has 0 aliphatic rings. The van der Waals surface area contributed by atoms with Gasteiger partial charge in [0.25, 0.3) is 0 Å². The quantitative estimate of drug-likeness (QED) is 0.528. The monoisotopic (exact) mass is 341 g/mol. The number of rotatable bonds is 2. The van der Waals surface area contributed by atoms with Crippen LogP contribution >= 0.6 is 0 Å². The fraction of sp³-hybridized carbons (Fsp3) is 0.0556. The largest absolute Gasteiger partial charge is 0.573 e. The van der Waals surface area contributed by atoms with E-state index in [0.717, 1.165) is 5.39 Å². The van der Waals surface area contributed by atoms with E-state index in [0.29, 0.717) is 27.5 Å². The predicted octanol–water partition coefficient (Wildman–Crippen LogP) is 4.74. The van der Waals surface area contributed by atoms with Crippen LogP contribution in [0, 0.1) is 0 Å². The maximum Gasteiger partial charge on any atom is 0.573 e. The first-order chi connectivity index (χ1) is 12.0. The molecule has 4 rings (SSSR count). The molecule has 25 heavy (non-hydrogen) atoms. The van der Waals surface area contributed by atoms with Crippen molar-refractivity contribution in [3.63, 3.8) is 0 Å². The smallest absolute Gasteiger partial charge is 0.405 e. The molecule has 2 aromatic heterocycles. The van der Waals surface area contributed by atoms with E-state index in [1.54, 1.807) is 42.7 Å². The third-order valence-corrected chi connectivity index (χ3v) is 3.76. The number of halogens is 3. The lowest BCUT2D eigenvalue weighted by molar-refractivity contribution is -0.274. The van der Waals surface area contributed by atoms with Gasteiger partial charge in [-0.15, -0.1) is 13.2 Å². The fourth-order valence-corrected chi connectivity index (χ4v) is 2.75. The lowest BCUT2D eigenvalue weighted by Gasteiger charge is -2.14. The molecule has 0 aliphatic heterocycles. The third-order valence-electron chi connectivity index (χ3n) is 3.76. The van der Waals surface area contributed by atoms with Crippen LogP contribution in [0.5, 0.6) is 5.75 Å². The van der Waals surface area contributed by atoms with Crippen LogP contribution in [0.2, 0.25) is 0 Å². The SMILES string of the molecule is FC(F)(F)Oc1cccc2cccc(-c3cc4ncncc4cn3)c12. The van der Waals surface area contributed by atoms with E-state index in [1.807, 2.05) is 0 Å². The van der Waals surface area contributed by atoms with Crippen LogP contribution in [-0.4, -0.2) is 21.3 Å². The van der Waals surface area contributed by atoms with Crippen molar-refractivity contribution in [3.8, 4) is 17.0 Å². The van der Waals surface area contributed by atoms with Crippen molar-refractivity contribution in [2.24, 2.45) is 0 Å². The van der Waals surface area contributed by atoms with Gasteiger partial charge in [-0.1, -0.05) is 30.3 Å². The lowest BCUT2D eigenvalue weighted by atomic mass is 10.0. The molecular formula is C18H10F3N3O. The van der Waals surface area contributed by atoms with Crippen LogP contribution in [0.1, 0.15) is 0 Å². The first-order valence-electron chi connectivity index (χ1n) is 7.35. The molecule has 124 valence electrons. The summed E-state index contributed by atoms with van der Waals surface area (Å²) < 4.78 is 42.5. The number of benzene rings is 2. The van der Waals surface area contributed by atoms with Crippen LogP contribution in [0.25, 0.3) is 32.9 Å². The average Bonchev–Trinajstić information content (AvgIpc) is 2.60. The van der Waals surface area contributed by atoms with Gasteiger partial charge in [-0.3, -0.25) is 4.98 Å². The van der Waals surface area contributed by atoms with Gasteiger partial charge in [-0.05, 0) is 17.5 Å². The molecular weight excluding hydrogens is 331 g/mol. The fourth-order valence-electron chi connectivity index (χ4n) is 2.75. The predicted molar refractivity (Wildman–Crippen MR) is 87.0 cm³/mol. The van der Waals surface area contributed by atoms with Crippen LogP contribution < -0.4 is 4.74 Å². The van der Waals surface area contributed by atoms with Gasteiger partial charge in [-0.2, -0.15) is 0 Å². The van der Waals surface area contributed by atoms with Gasteiger partial charge in [0.1, 0.15) is 12.1 Å². The maximum atomic E-state index is 12.8. The highest BCUT2D eigenvalue weighted by Gasteiger charge is 2.32. The molecule has 0 amide bonds. The molecule has 0 saturated heterocycles. The van der Waals surface area contributed by atoms with E-state index in [1.165, 1.54) is 18.5 Å². The highest BCUT2D eigenvalue weighted by molar-refractivity contribution is 6.01. The Balaban J connectivity index is 1.96. The highest BCUT2D eigenvalue weighted by atomic mass is 19.4. The molecule has 0 N–H and O–H groups in total. The zero-order valence-electron chi connectivity index (χ0n) is 12.7. The summed E-state index contributed by atoms with van der Waals surface area (Å²) in [6, 6.07) is 11.5. The second-order valence-corrected chi connectivity index (χ2v) is 5.36. The number of alkyl halides is 3. The number of pyridine rings is 1. The molecule has 0 fully saturated rings. The van der Waals surface area contributed by atoms with Gasteiger partial charge in [0.15, 0.2) is 0 Å². The Kier molecular flexibility index (Phi) is 3.49. The van der Waals surface area contributed by atoms with E-state index in [-0.39, 0.29) is 5.75 Å². The van der Waals surface area contributed by atoms with E-state index in [9.17, 15) is 13.2 Å². The zero-order chi connectivity index (χ0) is 17.4. The number of hydrogen-bond acceptors (Lipinski definition) is 4. The Bertz CT molecular complexity index is 1070. The van der Waals surface area contributed by atoms with Crippen LogP contribution in [0.3, 0.4) is 0 Å². The summed E-state index contributed by atoms with van der Waals surface area (Å²) >= 11 is 0. The van der Waals surface area contributed by atoms with Gasteiger partial charge in [0.2, 0.25) is 0 Å². The van der Waals surface area contributed by atoms with E-state index in [4.69, 9.17) is 0 Å². The van der Waals surface area contributed by atoms with Gasteiger partial charge >= 0.3 is 6.36 Å². The lowest BCUT2D eigenvalue weighted by Crippen LogP contribution is -2.17. The Morgan fingerprint density at radius 2 is 1.68 bits per heavy atom. The second-order valence-electron chi connectivity index (χ2n) is 5.36. The Hall–Kier alpha value is -3.22. The Morgan fingerprint density at radius 3 is 2.48 bits per heavy atom. The van der Waals surface area contributed by atoms with Gasteiger partial charge in [0.05, 0.1) is 11.2 Å². The summed E-state index contributed by atoms with van der Waals surface area (Å²) in [5.74, 6) is -0.259. The maximum absolute atomic E-state index is 12.8. The summed E-state index contributed by atoms with van der Waals surface area (Å²) in [5.41, 5.74) is 1.71. The third kappa shape index (κ3) is 2.96. The molecule has 0 bridgehead atoms. The zero-order valence-corrected chi connectivity index (χ0v) is 12.7. The highest BCUT2D eigenvalue weighted by Crippen LogP contribution is 2.37. The molecule has 0 radical (unpaired) electrons. The Morgan fingerprint density at radius 1 is 0.880 bits per heavy atom. The van der Waals surface area contributed by atoms with Crippen molar-refractivity contribution in [1.82, 2.24) is 15.0 Å². The van der Waals surface area contributed by atoms with Crippen molar-refractivity contribution in [1.29, 1.82) is 0 Å². The van der Waals surface area contributed by atoms with E-state index < -0.39 is 6.36 Å². The normalized spacial score (nSPS) is 11.8. The van der Waals surface area contributed by atoms with Crippen molar-refractivity contribution < 1.29 is 17.9 Å².